The standard InChI is InChI=1S/C27H31F3N5O2P/c1-3-38(37)14-12-35(13-15-38)26-32-11-10-24(34-26)25(36)33-18(2)19-4-6-20(7-5-19)23-16-22(27(28,29)30)9-8-21(23)17-31/h4-11,16,18H,3,12-15,17,31H2,1-2H3,(H,33,36)/t18-/m1/s1. The Morgan fingerprint density at radius 3 is 2.42 bits per heavy atom. The molecule has 0 saturated carbocycles. The van der Waals surface area contributed by atoms with Gasteiger partial charge in [-0.2, -0.15) is 13.2 Å². The van der Waals surface area contributed by atoms with Crippen molar-refractivity contribution in [1.82, 2.24) is 15.3 Å². The van der Waals surface area contributed by atoms with Crippen LogP contribution in [0.5, 0.6) is 0 Å². The van der Waals surface area contributed by atoms with Gasteiger partial charge >= 0.3 is 6.18 Å². The van der Waals surface area contributed by atoms with Gasteiger partial charge in [0.15, 0.2) is 0 Å². The smallest absolute Gasteiger partial charge is 0.344 e. The monoisotopic (exact) mass is 545 g/mol. The van der Waals surface area contributed by atoms with Gasteiger partial charge in [0.05, 0.1) is 18.7 Å². The molecule has 2 aromatic carbocycles. The van der Waals surface area contributed by atoms with Crippen LogP contribution in [0.2, 0.25) is 0 Å². The molecule has 11 heteroatoms. The van der Waals surface area contributed by atoms with Gasteiger partial charge in [0, 0.05) is 38.2 Å². The highest BCUT2D eigenvalue weighted by Crippen LogP contribution is 2.47. The first-order valence-electron chi connectivity index (χ1n) is 12.5. The Hall–Kier alpha value is -3.23. The van der Waals surface area contributed by atoms with Crippen molar-refractivity contribution in [1.29, 1.82) is 0 Å². The highest BCUT2D eigenvalue weighted by molar-refractivity contribution is 7.64. The molecule has 1 aliphatic rings. The lowest BCUT2D eigenvalue weighted by Crippen LogP contribution is -2.37. The summed E-state index contributed by atoms with van der Waals surface area (Å²) in [4.78, 5) is 23.6. The zero-order valence-electron chi connectivity index (χ0n) is 21.3. The van der Waals surface area contributed by atoms with Crippen molar-refractivity contribution in [2.24, 2.45) is 5.73 Å². The van der Waals surface area contributed by atoms with Crippen molar-refractivity contribution in [3.63, 3.8) is 0 Å². The molecule has 1 aromatic heterocycles. The van der Waals surface area contributed by atoms with Crippen molar-refractivity contribution in [2.75, 3.05) is 36.5 Å². The molecule has 1 fully saturated rings. The molecule has 1 atom stereocenters. The summed E-state index contributed by atoms with van der Waals surface area (Å²) >= 11 is 0. The van der Waals surface area contributed by atoms with E-state index in [9.17, 15) is 22.5 Å². The number of carbonyl (C=O) groups is 1. The summed E-state index contributed by atoms with van der Waals surface area (Å²) in [5, 5.41) is 2.91. The number of nitrogens with two attached hydrogens (primary N) is 1. The van der Waals surface area contributed by atoms with Crippen LogP contribution in [0.25, 0.3) is 11.1 Å². The highest BCUT2D eigenvalue weighted by atomic mass is 31.2. The van der Waals surface area contributed by atoms with Gasteiger partial charge in [-0.3, -0.25) is 4.79 Å². The fourth-order valence-electron chi connectivity index (χ4n) is 4.48. The van der Waals surface area contributed by atoms with E-state index in [0.29, 0.717) is 54.2 Å². The zero-order chi connectivity index (χ0) is 27.5. The molecular weight excluding hydrogens is 514 g/mol. The van der Waals surface area contributed by atoms with Crippen LogP contribution >= 0.6 is 7.14 Å². The maximum atomic E-state index is 13.2. The molecule has 0 aliphatic carbocycles. The molecule has 1 saturated heterocycles. The third kappa shape index (κ3) is 6.25. The molecule has 3 N–H and O–H groups in total. The van der Waals surface area contributed by atoms with Crippen LogP contribution in [0.15, 0.2) is 54.7 Å². The number of hydrogen-bond acceptors (Lipinski definition) is 6. The number of hydrogen-bond donors (Lipinski definition) is 2. The van der Waals surface area contributed by atoms with Gasteiger partial charge in [0.2, 0.25) is 5.95 Å². The lowest BCUT2D eigenvalue weighted by molar-refractivity contribution is -0.137. The lowest BCUT2D eigenvalue weighted by atomic mass is 9.95. The fourth-order valence-corrected chi connectivity index (χ4v) is 6.55. The maximum Gasteiger partial charge on any atom is 0.416 e. The van der Waals surface area contributed by atoms with E-state index in [4.69, 9.17) is 5.73 Å². The van der Waals surface area contributed by atoms with E-state index in [2.05, 4.69) is 15.3 Å². The van der Waals surface area contributed by atoms with E-state index in [0.717, 1.165) is 17.7 Å². The Morgan fingerprint density at radius 2 is 1.82 bits per heavy atom. The molecule has 1 aliphatic heterocycles. The molecule has 0 bridgehead atoms. The van der Waals surface area contributed by atoms with Crippen molar-refractivity contribution in [3.05, 3.63) is 77.1 Å². The minimum atomic E-state index is -4.45. The first kappa shape index (κ1) is 27.8. The molecular formula is C27H31F3N5O2P. The Labute approximate surface area is 220 Å². The van der Waals surface area contributed by atoms with E-state index in [-0.39, 0.29) is 24.2 Å². The van der Waals surface area contributed by atoms with Crippen LogP contribution in [0.1, 0.15) is 47.1 Å². The van der Waals surface area contributed by atoms with E-state index in [1.165, 1.54) is 18.3 Å². The minimum Gasteiger partial charge on any atom is -0.344 e. The molecule has 0 unspecified atom stereocenters. The quantitative estimate of drug-likeness (QED) is 0.390. The minimum absolute atomic E-state index is 0.109. The largest absolute Gasteiger partial charge is 0.416 e. The zero-order valence-corrected chi connectivity index (χ0v) is 22.2. The van der Waals surface area contributed by atoms with Crippen molar-refractivity contribution in [2.45, 2.75) is 32.6 Å². The summed E-state index contributed by atoms with van der Waals surface area (Å²) in [5.41, 5.74) is 7.66. The topological polar surface area (TPSA) is 101 Å². The Balaban J connectivity index is 1.45. The average Bonchev–Trinajstić information content (AvgIpc) is 2.92. The molecule has 0 radical (unpaired) electrons. The number of alkyl halides is 3. The fraction of sp³-hybridized carbons (Fsp3) is 0.370. The normalized spacial score (nSPS) is 16.2. The summed E-state index contributed by atoms with van der Waals surface area (Å²) in [6.07, 6.45) is -0.994. The van der Waals surface area contributed by atoms with Crippen LogP contribution in [0.3, 0.4) is 0 Å². The summed E-state index contributed by atoms with van der Waals surface area (Å²) < 4.78 is 52.3. The Bertz CT molecular complexity index is 1340. The first-order valence-corrected chi connectivity index (χ1v) is 14.8. The second-order valence-corrected chi connectivity index (χ2v) is 13.1. The second-order valence-electron chi connectivity index (χ2n) is 9.44. The van der Waals surface area contributed by atoms with E-state index >= 15 is 0 Å². The molecule has 1 amide bonds. The maximum absolute atomic E-state index is 13.2. The molecule has 2 heterocycles. The van der Waals surface area contributed by atoms with Gasteiger partial charge in [-0.25, -0.2) is 9.97 Å². The summed E-state index contributed by atoms with van der Waals surface area (Å²) in [6, 6.07) is 11.7. The number of nitrogens with one attached hydrogen (secondary N) is 1. The number of rotatable bonds is 7. The predicted octanol–water partition coefficient (Wildman–Crippen LogP) is 5.32. The van der Waals surface area contributed by atoms with Gasteiger partial charge in [-0.1, -0.05) is 37.3 Å². The first-order chi connectivity index (χ1) is 18.0. The third-order valence-corrected chi connectivity index (χ3v) is 10.2. The van der Waals surface area contributed by atoms with E-state index < -0.39 is 18.9 Å². The van der Waals surface area contributed by atoms with Crippen molar-refractivity contribution < 1.29 is 22.5 Å². The number of nitrogens with zero attached hydrogens (tertiary/aromatic N) is 3. The van der Waals surface area contributed by atoms with Gasteiger partial charge in [0.1, 0.15) is 5.69 Å². The summed E-state index contributed by atoms with van der Waals surface area (Å²) in [6.45, 7) is 5.07. The van der Waals surface area contributed by atoms with Crippen LogP contribution in [-0.4, -0.2) is 47.5 Å². The molecule has 202 valence electrons. The number of halogens is 3. The number of anilines is 1. The van der Waals surface area contributed by atoms with Crippen LogP contribution < -0.4 is 16.0 Å². The Kier molecular flexibility index (Phi) is 8.23. The summed E-state index contributed by atoms with van der Waals surface area (Å²) in [7, 11) is -2.11. The molecule has 4 rings (SSSR count). The second kappa shape index (κ2) is 11.3. The number of aromatic nitrogens is 2. The number of carbonyl (C=O) groups excluding carboxylic acids is 1. The molecule has 7 nitrogen and oxygen atoms in total. The Morgan fingerprint density at radius 1 is 1.13 bits per heavy atom. The summed E-state index contributed by atoms with van der Waals surface area (Å²) in [5.74, 6) is 0.0681. The van der Waals surface area contributed by atoms with Gasteiger partial charge in [0.25, 0.3) is 5.91 Å². The van der Waals surface area contributed by atoms with Gasteiger partial charge < -0.3 is 20.5 Å². The van der Waals surface area contributed by atoms with Crippen LogP contribution in [0, 0.1) is 0 Å². The number of benzene rings is 2. The van der Waals surface area contributed by atoms with Gasteiger partial charge in [-0.05, 0) is 53.5 Å². The average molecular weight is 546 g/mol. The highest BCUT2D eigenvalue weighted by Gasteiger charge is 2.31. The predicted molar refractivity (Wildman–Crippen MR) is 143 cm³/mol. The van der Waals surface area contributed by atoms with Crippen LogP contribution in [-0.2, 0) is 17.3 Å². The van der Waals surface area contributed by atoms with E-state index in [1.54, 1.807) is 24.3 Å². The van der Waals surface area contributed by atoms with Crippen molar-refractivity contribution in [3.8, 4) is 11.1 Å². The van der Waals surface area contributed by atoms with Gasteiger partial charge in [-0.15, -0.1) is 0 Å². The molecule has 38 heavy (non-hydrogen) atoms. The molecule has 0 spiro atoms. The van der Waals surface area contributed by atoms with E-state index in [1.807, 2.05) is 18.7 Å². The SMILES string of the molecule is CCP1(=O)CCN(c2nccc(C(=O)N[C@H](C)c3ccc(-c4cc(C(F)(F)F)ccc4CN)cc3)n2)CC1. The lowest BCUT2D eigenvalue weighted by Gasteiger charge is -2.31. The van der Waals surface area contributed by atoms with Crippen LogP contribution in [0.4, 0.5) is 19.1 Å². The number of amides is 1. The molecule has 3 aromatic rings. The third-order valence-electron chi connectivity index (χ3n) is 7.02. The van der Waals surface area contributed by atoms with Crippen molar-refractivity contribution >= 4 is 19.0 Å².